The van der Waals surface area contributed by atoms with E-state index in [1.165, 1.54) is 37.4 Å². The van der Waals surface area contributed by atoms with Crippen molar-refractivity contribution >= 4 is 21.6 Å². The van der Waals surface area contributed by atoms with Crippen LogP contribution in [0.25, 0.3) is 0 Å². The monoisotopic (exact) mass is 395 g/mol. The lowest BCUT2D eigenvalue weighted by Crippen LogP contribution is -2.29. The van der Waals surface area contributed by atoms with Gasteiger partial charge in [-0.3, -0.25) is 4.79 Å². The minimum absolute atomic E-state index is 0.0333. The van der Waals surface area contributed by atoms with Gasteiger partial charge in [0.25, 0.3) is 0 Å². The molecular weight excluding hydrogens is 373 g/mol. The summed E-state index contributed by atoms with van der Waals surface area (Å²) in [5.74, 6) is -0.654. The number of ether oxygens (including phenoxy) is 1. The Hall–Kier alpha value is -2.49. The van der Waals surface area contributed by atoms with Crippen molar-refractivity contribution < 1.29 is 22.3 Å². The van der Waals surface area contributed by atoms with E-state index in [0.717, 1.165) is 0 Å². The summed E-state index contributed by atoms with van der Waals surface area (Å²) in [6, 6.07) is 10.4. The number of hydrogen-bond acceptors (Lipinski definition) is 5. The Balaban J connectivity index is 1.98. The van der Waals surface area contributed by atoms with Gasteiger partial charge in [-0.1, -0.05) is 12.1 Å². The molecule has 0 unspecified atom stereocenters. The average molecular weight is 395 g/mol. The molecule has 27 heavy (non-hydrogen) atoms. The maximum absolute atomic E-state index is 13.7. The van der Waals surface area contributed by atoms with Gasteiger partial charge in [-0.2, -0.15) is 0 Å². The minimum Gasteiger partial charge on any atom is -0.494 e. The van der Waals surface area contributed by atoms with Gasteiger partial charge in [-0.25, -0.2) is 17.5 Å². The van der Waals surface area contributed by atoms with Crippen molar-refractivity contribution in [2.75, 3.05) is 25.5 Å². The SMILES string of the molecule is COc1ccc(CCC(=O)Nc2cccc(S(=O)(=O)NCCN)c2)cc1F. The van der Waals surface area contributed by atoms with E-state index >= 15 is 0 Å². The first-order valence-electron chi connectivity index (χ1n) is 8.28. The van der Waals surface area contributed by atoms with Crippen LogP contribution in [0.3, 0.4) is 0 Å². The number of halogens is 1. The van der Waals surface area contributed by atoms with Crippen LogP contribution in [0.15, 0.2) is 47.4 Å². The van der Waals surface area contributed by atoms with Gasteiger partial charge in [0.1, 0.15) is 0 Å². The maximum Gasteiger partial charge on any atom is 0.240 e. The molecule has 0 heterocycles. The van der Waals surface area contributed by atoms with Crippen LogP contribution < -0.4 is 20.5 Å². The Morgan fingerprint density at radius 1 is 1.22 bits per heavy atom. The Labute approximate surface area is 157 Å². The summed E-state index contributed by atoms with van der Waals surface area (Å²) in [4.78, 5) is 12.1. The number of sulfonamides is 1. The molecule has 0 saturated carbocycles. The lowest BCUT2D eigenvalue weighted by atomic mass is 10.1. The van der Waals surface area contributed by atoms with Crippen molar-refractivity contribution in [3.8, 4) is 5.75 Å². The predicted octanol–water partition coefficient (Wildman–Crippen LogP) is 1.64. The second kappa shape index (κ2) is 9.45. The molecule has 1 amide bonds. The number of benzene rings is 2. The van der Waals surface area contributed by atoms with Crippen LogP contribution in [-0.2, 0) is 21.2 Å². The largest absolute Gasteiger partial charge is 0.494 e. The molecule has 0 aliphatic carbocycles. The van der Waals surface area contributed by atoms with Crippen molar-refractivity contribution in [1.82, 2.24) is 4.72 Å². The number of hydrogen-bond donors (Lipinski definition) is 3. The molecule has 0 aromatic heterocycles. The highest BCUT2D eigenvalue weighted by molar-refractivity contribution is 7.89. The third-order valence-electron chi connectivity index (χ3n) is 3.72. The molecule has 2 rings (SSSR count). The van der Waals surface area contributed by atoms with E-state index in [4.69, 9.17) is 10.5 Å². The van der Waals surface area contributed by atoms with Crippen molar-refractivity contribution in [3.63, 3.8) is 0 Å². The molecule has 0 aliphatic heterocycles. The normalized spacial score (nSPS) is 11.2. The van der Waals surface area contributed by atoms with E-state index in [1.54, 1.807) is 12.1 Å². The molecule has 2 aromatic rings. The van der Waals surface area contributed by atoms with Gasteiger partial charge in [0.15, 0.2) is 11.6 Å². The number of nitrogens with one attached hydrogen (secondary N) is 2. The van der Waals surface area contributed by atoms with Crippen molar-refractivity contribution in [3.05, 3.63) is 53.8 Å². The van der Waals surface area contributed by atoms with Gasteiger partial charge in [-0.05, 0) is 42.3 Å². The Kier molecular flexibility index (Phi) is 7.28. The number of amides is 1. The highest BCUT2D eigenvalue weighted by Crippen LogP contribution is 2.19. The first-order valence-corrected chi connectivity index (χ1v) is 9.76. The van der Waals surface area contributed by atoms with Crippen LogP contribution in [0.2, 0.25) is 0 Å². The second-order valence-corrected chi connectivity index (χ2v) is 7.50. The van der Waals surface area contributed by atoms with E-state index in [9.17, 15) is 17.6 Å². The molecule has 7 nitrogen and oxygen atoms in total. The Morgan fingerprint density at radius 3 is 2.67 bits per heavy atom. The van der Waals surface area contributed by atoms with Crippen LogP contribution in [0.5, 0.6) is 5.75 Å². The zero-order valence-electron chi connectivity index (χ0n) is 14.9. The Morgan fingerprint density at radius 2 is 2.00 bits per heavy atom. The van der Waals surface area contributed by atoms with Crippen LogP contribution in [0.1, 0.15) is 12.0 Å². The van der Waals surface area contributed by atoms with Gasteiger partial charge < -0.3 is 15.8 Å². The fraction of sp³-hybridized carbons (Fsp3) is 0.278. The number of anilines is 1. The number of aryl methyl sites for hydroxylation is 1. The molecule has 0 aliphatic rings. The third-order valence-corrected chi connectivity index (χ3v) is 5.18. The lowest BCUT2D eigenvalue weighted by molar-refractivity contribution is -0.116. The molecule has 2 aromatic carbocycles. The van der Waals surface area contributed by atoms with Crippen molar-refractivity contribution in [1.29, 1.82) is 0 Å². The molecule has 0 bridgehead atoms. The highest BCUT2D eigenvalue weighted by atomic mass is 32.2. The smallest absolute Gasteiger partial charge is 0.240 e. The fourth-order valence-electron chi connectivity index (χ4n) is 2.36. The van der Waals surface area contributed by atoms with Gasteiger partial charge in [-0.15, -0.1) is 0 Å². The topological polar surface area (TPSA) is 111 Å². The van der Waals surface area contributed by atoms with Crippen LogP contribution in [0, 0.1) is 5.82 Å². The number of carbonyl (C=O) groups is 1. The predicted molar refractivity (Wildman–Crippen MR) is 101 cm³/mol. The summed E-state index contributed by atoms with van der Waals surface area (Å²) in [6.07, 6.45) is 0.455. The number of carbonyl (C=O) groups excluding carboxylic acids is 1. The molecule has 0 saturated heterocycles. The summed E-state index contributed by atoms with van der Waals surface area (Å²) in [5, 5.41) is 2.64. The van der Waals surface area contributed by atoms with E-state index < -0.39 is 15.8 Å². The maximum atomic E-state index is 13.7. The summed E-state index contributed by atoms with van der Waals surface area (Å²) < 4.78 is 45.1. The van der Waals surface area contributed by atoms with Gasteiger partial charge in [0, 0.05) is 25.2 Å². The van der Waals surface area contributed by atoms with Crippen LogP contribution >= 0.6 is 0 Å². The highest BCUT2D eigenvalue weighted by Gasteiger charge is 2.14. The molecule has 0 atom stereocenters. The van der Waals surface area contributed by atoms with Gasteiger partial charge in [0.05, 0.1) is 12.0 Å². The van der Waals surface area contributed by atoms with Crippen molar-refractivity contribution in [2.24, 2.45) is 5.73 Å². The van der Waals surface area contributed by atoms with Crippen molar-refractivity contribution in [2.45, 2.75) is 17.7 Å². The number of nitrogens with two attached hydrogens (primary N) is 1. The summed E-state index contributed by atoms with van der Waals surface area (Å²) in [5.41, 5.74) is 6.32. The summed E-state index contributed by atoms with van der Waals surface area (Å²) >= 11 is 0. The zero-order chi connectivity index (χ0) is 19.9. The van der Waals surface area contributed by atoms with Gasteiger partial charge in [0.2, 0.25) is 15.9 Å². The molecule has 0 spiro atoms. The lowest BCUT2D eigenvalue weighted by Gasteiger charge is -2.09. The molecule has 4 N–H and O–H groups in total. The first-order chi connectivity index (χ1) is 12.9. The van der Waals surface area contributed by atoms with Crippen LogP contribution in [-0.4, -0.2) is 34.5 Å². The number of methoxy groups -OCH3 is 1. The summed E-state index contributed by atoms with van der Waals surface area (Å²) in [7, 11) is -2.30. The standard InChI is InChI=1S/C18H22FN3O4S/c1-26-17-7-5-13(11-16(17)19)6-8-18(23)22-14-3-2-4-15(12-14)27(24,25)21-10-9-20/h2-5,7,11-12,21H,6,8-10,20H2,1H3,(H,22,23). The summed E-state index contributed by atoms with van der Waals surface area (Å²) in [6.45, 7) is 0.305. The number of rotatable bonds is 9. The van der Waals surface area contributed by atoms with Crippen LogP contribution in [0.4, 0.5) is 10.1 Å². The zero-order valence-corrected chi connectivity index (χ0v) is 15.7. The molecule has 9 heteroatoms. The molecular formula is C18H22FN3O4S. The molecule has 0 radical (unpaired) electrons. The van der Waals surface area contributed by atoms with E-state index in [-0.39, 0.29) is 36.1 Å². The van der Waals surface area contributed by atoms with E-state index in [2.05, 4.69) is 10.0 Å². The fourth-order valence-corrected chi connectivity index (χ4v) is 3.46. The van der Waals surface area contributed by atoms with E-state index in [0.29, 0.717) is 17.7 Å². The first kappa shape index (κ1) is 20.8. The minimum atomic E-state index is -3.68. The second-order valence-electron chi connectivity index (χ2n) is 5.73. The molecule has 0 fully saturated rings. The third kappa shape index (κ3) is 6.02. The van der Waals surface area contributed by atoms with E-state index in [1.807, 2.05) is 0 Å². The molecule has 146 valence electrons. The van der Waals surface area contributed by atoms with Gasteiger partial charge >= 0.3 is 0 Å². The Bertz CT molecular complexity index is 903. The average Bonchev–Trinajstić information content (AvgIpc) is 2.65. The quantitative estimate of drug-likeness (QED) is 0.598.